The molecule has 4 rings (SSSR count). The lowest BCUT2D eigenvalue weighted by atomic mass is 9.94. The summed E-state index contributed by atoms with van der Waals surface area (Å²) in [6.45, 7) is 0.562. The van der Waals surface area contributed by atoms with E-state index in [-0.39, 0.29) is 5.91 Å². The summed E-state index contributed by atoms with van der Waals surface area (Å²) in [5.41, 5.74) is 0.732. The molecule has 2 aromatic rings. The minimum absolute atomic E-state index is 0.0447. The van der Waals surface area contributed by atoms with Crippen molar-refractivity contribution in [2.45, 2.75) is 50.9 Å². The Balaban J connectivity index is 1.38. The first-order valence-electron chi connectivity index (χ1n) is 8.52. The number of nitrogens with one attached hydrogen (secondary N) is 1. The number of ether oxygens (including phenoxy) is 2. The Morgan fingerprint density at radius 2 is 2.04 bits per heavy atom. The van der Waals surface area contributed by atoms with E-state index >= 15 is 0 Å². The lowest BCUT2D eigenvalue weighted by Crippen LogP contribution is -2.40. The molecule has 1 aromatic carbocycles. The first-order valence-corrected chi connectivity index (χ1v) is 8.52. The molecular formula is C18H21N3O3. The molecule has 1 aliphatic carbocycles. The van der Waals surface area contributed by atoms with Gasteiger partial charge in [0, 0.05) is 50.0 Å². The molecule has 0 atom stereocenters. The van der Waals surface area contributed by atoms with Crippen molar-refractivity contribution in [3.63, 3.8) is 0 Å². The van der Waals surface area contributed by atoms with Gasteiger partial charge >= 0.3 is 0 Å². The number of hydrogen-bond acceptors (Lipinski definition) is 4. The average Bonchev–Trinajstić information content (AvgIpc) is 3.20. The van der Waals surface area contributed by atoms with Crippen molar-refractivity contribution in [3.8, 4) is 11.5 Å². The molecular weight excluding hydrogens is 306 g/mol. The molecule has 2 heterocycles. The highest BCUT2D eigenvalue weighted by molar-refractivity contribution is 5.91. The van der Waals surface area contributed by atoms with Crippen molar-refractivity contribution >= 4 is 11.6 Å². The lowest BCUT2D eigenvalue weighted by Gasteiger charge is -2.31. The van der Waals surface area contributed by atoms with Crippen molar-refractivity contribution < 1.29 is 14.3 Å². The Labute approximate surface area is 140 Å². The summed E-state index contributed by atoms with van der Waals surface area (Å²) >= 11 is 0. The van der Waals surface area contributed by atoms with Gasteiger partial charge in [-0.05, 0) is 31.0 Å². The molecule has 1 fully saturated rings. The fourth-order valence-corrected chi connectivity index (χ4v) is 3.34. The third-order valence-electron chi connectivity index (χ3n) is 4.56. The molecule has 1 amide bonds. The molecule has 0 unspecified atom stereocenters. The summed E-state index contributed by atoms with van der Waals surface area (Å²) in [5.74, 6) is 0.966. The molecule has 6 nitrogen and oxygen atoms in total. The first kappa shape index (κ1) is 15.1. The highest BCUT2D eigenvalue weighted by atomic mass is 16.7. The van der Waals surface area contributed by atoms with Crippen LogP contribution in [0.3, 0.4) is 0 Å². The van der Waals surface area contributed by atoms with E-state index < -0.39 is 5.79 Å². The summed E-state index contributed by atoms with van der Waals surface area (Å²) in [6.07, 6.45) is 9.27. The number of hydrogen-bond donors (Lipinski definition) is 1. The van der Waals surface area contributed by atoms with Gasteiger partial charge in [-0.25, -0.2) is 0 Å². The minimum Gasteiger partial charge on any atom is -0.448 e. The Bertz CT molecular complexity index is 721. The number of anilines is 1. The second kappa shape index (κ2) is 6.19. The predicted molar refractivity (Wildman–Crippen MR) is 89.0 cm³/mol. The quantitative estimate of drug-likeness (QED) is 0.935. The van der Waals surface area contributed by atoms with Crippen LogP contribution in [-0.2, 0) is 11.3 Å². The molecule has 2 aliphatic rings. The summed E-state index contributed by atoms with van der Waals surface area (Å²) < 4.78 is 13.9. The fourth-order valence-electron chi connectivity index (χ4n) is 3.34. The van der Waals surface area contributed by atoms with E-state index in [1.807, 2.05) is 30.5 Å². The van der Waals surface area contributed by atoms with E-state index in [1.54, 1.807) is 10.9 Å². The van der Waals surface area contributed by atoms with E-state index in [9.17, 15) is 4.79 Å². The van der Waals surface area contributed by atoms with Crippen molar-refractivity contribution in [3.05, 3.63) is 36.7 Å². The number of rotatable bonds is 4. The second-order valence-electron chi connectivity index (χ2n) is 6.40. The minimum atomic E-state index is -0.483. The zero-order valence-electron chi connectivity index (χ0n) is 13.5. The van der Waals surface area contributed by atoms with Crippen molar-refractivity contribution in [2.75, 3.05) is 5.32 Å². The molecule has 1 N–H and O–H groups in total. The van der Waals surface area contributed by atoms with Crippen LogP contribution in [0.5, 0.6) is 11.5 Å². The molecule has 126 valence electrons. The van der Waals surface area contributed by atoms with Crippen LogP contribution in [0.15, 0.2) is 36.7 Å². The van der Waals surface area contributed by atoms with Crippen LogP contribution in [0, 0.1) is 0 Å². The average molecular weight is 327 g/mol. The SMILES string of the molecule is O=C(CCn1cccn1)Nc1ccc2c(c1)OC1(CCCCC1)O2. The Morgan fingerprint density at radius 1 is 1.21 bits per heavy atom. The van der Waals surface area contributed by atoms with Gasteiger partial charge in [-0.1, -0.05) is 6.42 Å². The standard InChI is InChI=1S/C18H21N3O3/c22-17(7-12-21-11-4-10-19-21)20-14-5-6-15-16(13-14)24-18(23-15)8-2-1-3-9-18/h4-6,10-11,13H,1-3,7-9,12H2,(H,20,22). The number of carbonyl (C=O) groups is 1. The Morgan fingerprint density at radius 3 is 2.83 bits per heavy atom. The smallest absolute Gasteiger partial charge is 0.251 e. The van der Waals surface area contributed by atoms with Crippen molar-refractivity contribution in [1.82, 2.24) is 9.78 Å². The van der Waals surface area contributed by atoms with E-state index in [0.29, 0.717) is 13.0 Å². The molecule has 1 aromatic heterocycles. The highest BCUT2D eigenvalue weighted by Gasteiger charge is 2.42. The van der Waals surface area contributed by atoms with Gasteiger partial charge in [-0.2, -0.15) is 5.10 Å². The van der Waals surface area contributed by atoms with Crippen LogP contribution in [-0.4, -0.2) is 21.5 Å². The van der Waals surface area contributed by atoms with E-state index in [4.69, 9.17) is 9.47 Å². The Hall–Kier alpha value is -2.50. The van der Waals surface area contributed by atoms with E-state index in [0.717, 1.165) is 42.9 Å². The third-order valence-corrected chi connectivity index (χ3v) is 4.56. The number of benzene rings is 1. The predicted octanol–water partition coefficient (Wildman–Crippen LogP) is 3.34. The summed E-state index contributed by atoms with van der Waals surface area (Å²) in [5, 5.41) is 7.00. The number of fused-ring (bicyclic) bond motifs is 1. The van der Waals surface area contributed by atoms with Crippen molar-refractivity contribution in [2.24, 2.45) is 0 Å². The molecule has 1 saturated carbocycles. The number of amides is 1. The molecule has 24 heavy (non-hydrogen) atoms. The molecule has 1 aliphatic heterocycles. The maximum absolute atomic E-state index is 12.1. The number of aryl methyl sites for hydroxylation is 1. The van der Waals surface area contributed by atoms with Gasteiger partial charge in [-0.3, -0.25) is 9.48 Å². The van der Waals surface area contributed by atoms with Gasteiger partial charge in [-0.15, -0.1) is 0 Å². The van der Waals surface area contributed by atoms with E-state index in [1.165, 1.54) is 6.42 Å². The van der Waals surface area contributed by atoms with Crippen LogP contribution in [0.1, 0.15) is 38.5 Å². The zero-order chi connectivity index (χ0) is 16.4. The highest BCUT2D eigenvalue weighted by Crippen LogP contribution is 2.46. The molecule has 0 bridgehead atoms. The topological polar surface area (TPSA) is 65.4 Å². The third kappa shape index (κ3) is 3.09. The summed E-state index contributed by atoms with van der Waals surface area (Å²) in [7, 11) is 0. The number of nitrogens with zero attached hydrogens (tertiary/aromatic N) is 2. The number of aromatic nitrogens is 2. The summed E-state index contributed by atoms with van der Waals surface area (Å²) in [6, 6.07) is 7.43. The maximum atomic E-state index is 12.1. The van der Waals surface area contributed by atoms with Gasteiger partial charge in [0.05, 0.1) is 0 Å². The zero-order valence-corrected chi connectivity index (χ0v) is 13.5. The normalized spacial score (nSPS) is 17.8. The second-order valence-corrected chi connectivity index (χ2v) is 6.40. The lowest BCUT2D eigenvalue weighted by molar-refractivity contribution is -0.116. The number of carbonyl (C=O) groups excluding carboxylic acids is 1. The Kier molecular flexibility index (Phi) is 3.88. The van der Waals surface area contributed by atoms with Crippen LogP contribution in [0.4, 0.5) is 5.69 Å². The molecule has 1 spiro atoms. The van der Waals surface area contributed by atoms with Crippen LogP contribution < -0.4 is 14.8 Å². The van der Waals surface area contributed by atoms with Gasteiger partial charge in [0.1, 0.15) is 0 Å². The van der Waals surface area contributed by atoms with Gasteiger partial charge < -0.3 is 14.8 Å². The van der Waals surface area contributed by atoms with Gasteiger partial charge in [0.25, 0.3) is 5.79 Å². The first-order chi connectivity index (χ1) is 11.7. The van der Waals surface area contributed by atoms with Crippen LogP contribution >= 0.6 is 0 Å². The van der Waals surface area contributed by atoms with Gasteiger partial charge in [0.2, 0.25) is 5.91 Å². The van der Waals surface area contributed by atoms with E-state index in [2.05, 4.69) is 10.4 Å². The summed E-state index contributed by atoms with van der Waals surface area (Å²) in [4.78, 5) is 12.1. The molecule has 6 heteroatoms. The maximum Gasteiger partial charge on any atom is 0.251 e. The molecule has 0 saturated heterocycles. The monoisotopic (exact) mass is 327 g/mol. The van der Waals surface area contributed by atoms with Crippen molar-refractivity contribution in [1.29, 1.82) is 0 Å². The molecule has 0 radical (unpaired) electrons. The van der Waals surface area contributed by atoms with Crippen LogP contribution in [0.2, 0.25) is 0 Å². The largest absolute Gasteiger partial charge is 0.448 e. The van der Waals surface area contributed by atoms with Crippen LogP contribution in [0.25, 0.3) is 0 Å². The fraction of sp³-hybridized carbons (Fsp3) is 0.444. The van der Waals surface area contributed by atoms with Gasteiger partial charge in [0.15, 0.2) is 11.5 Å².